The van der Waals surface area contributed by atoms with E-state index in [-0.39, 0.29) is 31.1 Å². The molecule has 0 aliphatic carbocycles. The molecule has 1 atom stereocenters. The quantitative estimate of drug-likeness (QED) is 0.0261. The number of hydrogen-bond donors (Lipinski definition) is 0. The lowest BCUT2D eigenvalue weighted by Gasteiger charge is -2.18. The maximum Gasteiger partial charge on any atom is 0.306 e. The SMILES string of the molecule is CC/C=C\C/C=C\C/C=C\C/C=C\C/C=C\CCCCCC(=O)OCC(COC(=O)CCCCC/C=C\C/C=C\C/C=C\C/C=C\CC)OC(=O)CCCCCCCCCCC/C=C\C/C=C\C/C=C\CC. The Balaban J connectivity index is 4.53. The van der Waals surface area contributed by atoms with Crippen LogP contribution in [0.1, 0.15) is 233 Å². The summed E-state index contributed by atoms with van der Waals surface area (Å²) in [5.74, 6) is -0.985. The molecular formula is C66H104O6. The van der Waals surface area contributed by atoms with Crippen molar-refractivity contribution in [3.8, 4) is 0 Å². The van der Waals surface area contributed by atoms with Crippen molar-refractivity contribution in [1.82, 2.24) is 0 Å². The molecule has 0 heterocycles. The first-order valence-electron chi connectivity index (χ1n) is 28.8. The minimum absolute atomic E-state index is 0.113. The summed E-state index contributed by atoms with van der Waals surface area (Å²) in [4.78, 5) is 38.2. The highest BCUT2D eigenvalue weighted by Gasteiger charge is 2.19. The Morgan fingerprint density at radius 3 is 0.792 bits per heavy atom. The van der Waals surface area contributed by atoms with E-state index in [1.807, 2.05) is 0 Å². The maximum atomic E-state index is 12.9. The van der Waals surface area contributed by atoms with Crippen molar-refractivity contribution < 1.29 is 28.6 Å². The Labute approximate surface area is 442 Å². The molecule has 0 amide bonds. The van der Waals surface area contributed by atoms with Gasteiger partial charge in [-0.2, -0.15) is 0 Å². The number of esters is 3. The van der Waals surface area contributed by atoms with E-state index < -0.39 is 6.10 Å². The Morgan fingerprint density at radius 1 is 0.278 bits per heavy atom. The average molecular weight is 994 g/mol. The Morgan fingerprint density at radius 2 is 0.500 bits per heavy atom. The van der Waals surface area contributed by atoms with Crippen LogP contribution in [0.5, 0.6) is 0 Å². The van der Waals surface area contributed by atoms with E-state index in [0.717, 1.165) is 154 Å². The van der Waals surface area contributed by atoms with Gasteiger partial charge in [0, 0.05) is 19.3 Å². The molecule has 0 aromatic rings. The molecule has 0 aromatic heterocycles. The predicted octanol–water partition coefficient (Wildman–Crippen LogP) is 19.6. The molecule has 0 saturated carbocycles. The molecule has 0 rings (SSSR count). The highest BCUT2D eigenvalue weighted by molar-refractivity contribution is 5.71. The topological polar surface area (TPSA) is 78.9 Å². The molecule has 0 aliphatic heterocycles. The molecule has 72 heavy (non-hydrogen) atoms. The van der Waals surface area contributed by atoms with Gasteiger partial charge in [-0.3, -0.25) is 14.4 Å². The van der Waals surface area contributed by atoms with Crippen molar-refractivity contribution in [3.63, 3.8) is 0 Å². The van der Waals surface area contributed by atoms with Crippen molar-refractivity contribution in [3.05, 3.63) is 146 Å². The summed E-state index contributed by atoms with van der Waals surface area (Å²) in [6.45, 7) is 6.23. The molecule has 0 N–H and O–H groups in total. The standard InChI is InChI=1S/C66H104O6/c1-4-7-10-13-16-19-22-25-28-31-33-35-38-41-44-47-50-53-56-59-65(68)71-62-63(61-70-64(67)58-55-52-49-46-43-40-37-30-27-24-21-18-15-12-9-6-3)72-66(69)60-57-54-51-48-45-42-39-36-34-32-29-26-23-20-17-14-11-8-5-2/h7-12,16-21,25-30,33,35,40-41,43-44,63H,4-6,13-15,22-24,31-32,34,36-39,42,45-62H2,1-3H3/b10-7-,11-8-,12-9-,19-16-,20-17-,21-18-,28-25-,29-26-,30-27-,35-33-,43-40-,44-41-. The van der Waals surface area contributed by atoms with E-state index in [0.29, 0.717) is 19.3 Å². The number of hydrogen-bond acceptors (Lipinski definition) is 6. The van der Waals surface area contributed by atoms with Crippen molar-refractivity contribution in [2.45, 2.75) is 239 Å². The average Bonchev–Trinajstić information content (AvgIpc) is 3.38. The first-order chi connectivity index (χ1) is 35.5. The molecule has 6 nitrogen and oxygen atoms in total. The molecule has 6 heteroatoms. The normalized spacial score (nSPS) is 13.2. The lowest BCUT2D eigenvalue weighted by molar-refractivity contribution is -0.167. The summed E-state index contributed by atoms with van der Waals surface area (Å²) in [6.07, 6.45) is 84.1. The molecule has 1 unspecified atom stereocenters. The van der Waals surface area contributed by atoms with Gasteiger partial charge in [-0.15, -0.1) is 0 Å². The van der Waals surface area contributed by atoms with Gasteiger partial charge in [0.05, 0.1) is 0 Å². The van der Waals surface area contributed by atoms with Gasteiger partial charge in [0.2, 0.25) is 0 Å². The van der Waals surface area contributed by atoms with Crippen LogP contribution < -0.4 is 0 Å². The van der Waals surface area contributed by atoms with E-state index in [9.17, 15) is 14.4 Å². The molecular weight excluding hydrogens is 889 g/mol. The van der Waals surface area contributed by atoms with Crippen LogP contribution in [-0.4, -0.2) is 37.2 Å². The fourth-order valence-electron chi connectivity index (χ4n) is 7.36. The Kier molecular flexibility index (Phi) is 55.0. The van der Waals surface area contributed by atoms with Crippen molar-refractivity contribution in [2.24, 2.45) is 0 Å². The second-order valence-electron chi connectivity index (χ2n) is 18.4. The predicted molar refractivity (Wildman–Crippen MR) is 311 cm³/mol. The molecule has 0 aliphatic rings. The van der Waals surface area contributed by atoms with Gasteiger partial charge in [-0.1, -0.05) is 224 Å². The van der Waals surface area contributed by atoms with Crippen molar-refractivity contribution in [2.75, 3.05) is 13.2 Å². The fraction of sp³-hybridized carbons (Fsp3) is 0.591. The highest BCUT2D eigenvalue weighted by atomic mass is 16.6. The van der Waals surface area contributed by atoms with Crippen LogP contribution in [0.25, 0.3) is 0 Å². The Bertz CT molecular complexity index is 1610. The molecule has 0 radical (unpaired) electrons. The van der Waals surface area contributed by atoms with Gasteiger partial charge in [-0.05, 0) is 135 Å². The molecule has 0 aromatic carbocycles. The van der Waals surface area contributed by atoms with Gasteiger partial charge >= 0.3 is 17.9 Å². The zero-order valence-corrected chi connectivity index (χ0v) is 46.1. The number of carbonyl (C=O) groups is 3. The molecule has 0 bridgehead atoms. The number of carbonyl (C=O) groups excluding carboxylic acids is 3. The summed E-state index contributed by atoms with van der Waals surface area (Å²) in [7, 11) is 0. The van der Waals surface area contributed by atoms with E-state index in [4.69, 9.17) is 14.2 Å². The number of unbranched alkanes of at least 4 members (excludes halogenated alkanes) is 15. The summed E-state index contributed by atoms with van der Waals surface area (Å²) < 4.78 is 16.8. The van der Waals surface area contributed by atoms with E-state index >= 15 is 0 Å². The van der Waals surface area contributed by atoms with Crippen LogP contribution in [0, 0.1) is 0 Å². The van der Waals surface area contributed by atoms with Gasteiger partial charge < -0.3 is 14.2 Å². The van der Waals surface area contributed by atoms with E-state index in [1.165, 1.54) is 38.5 Å². The number of ether oxygens (including phenoxy) is 3. The third kappa shape index (κ3) is 56.2. The third-order valence-electron chi connectivity index (χ3n) is 11.6. The summed E-state index contributed by atoms with van der Waals surface area (Å²) in [6, 6.07) is 0. The maximum absolute atomic E-state index is 12.9. The van der Waals surface area contributed by atoms with Crippen LogP contribution in [0.4, 0.5) is 0 Å². The zero-order valence-electron chi connectivity index (χ0n) is 46.1. The first-order valence-corrected chi connectivity index (χ1v) is 28.8. The first kappa shape index (κ1) is 67.3. The van der Waals surface area contributed by atoms with E-state index in [2.05, 4.69) is 167 Å². The fourth-order valence-corrected chi connectivity index (χ4v) is 7.36. The number of rotatable bonds is 50. The second-order valence-corrected chi connectivity index (χ2v) is 18.4. The third-order valence-corrected chi connectivity index (χ3v) is 11.6. The minimum atomic E-state index is -0.816. The van der Waals surface area contributed by atoms with Crippen LogP contribution in [0.2, 0.25) is 0 Å². The van der Waals surface area contributed by atoms with Crippen LogP contribution in [0.15, 0.2) is 146 Å². The van der Waals surface area contributed by atoms with Crippen molar-refractivity contribution in [1.29, 1.82) is 0 Å². The molecule has 404 valence electrons. The molecule has 0 fully saturated rings. The lowest BCUT2D eigenvalue weighted by atomic mass is 10.1. The van der Waals surface area contributed by atoms with Crippen LogP contribution >= 0.6 is 0 Å². The summed E-state index contributed by atoms with van der Waals surface area (Å²) in [5, 5.41) is 0. The monoisotopic (exact) mass is 993 g/mol. The van der Waals surface area contributed by atoms with Gasteiger partial charge in [0.1, 0.15) is 13.2 Å². The largest absolute Gasteiger partial charge is 0.462 e. The van der Waals surface area contributed by atoms with Crippen LogP contribution in [0.3, 0.4) is 0 Å². The highest BCUT2D eigenvalue weighted by Crippen LogP contribution is 2.14. The zero-order chi connectivity index (χ0) is 52.2. The smallest absolute Gasteiger partial charge is 0.306 e. The van der Waals surface area contributed by atoms with Gasteiger partial charge in [-0.25, -0.2) is 0 Å². The number of allylic oxidation sites excluding steroid dienone is 24. The lowest BCUT2D eigenvalue weighted by Crippen LogP contribution is -2.30. The van der Waals surface area contributed by atoms with Gasteiger partial charge in [0.15, 0.2) is 6.10 Å². The Hall–Kier alpha value is -4.71. The van der Waals surface area contributed by atoms with Crippen LogP contribution in [-0.2, 0) is 28.6 Å². The van der Waals surface area contributed by atoms with Gasteiger partial charge in [0.25, 0.3) is 0 Å². The summed E-state index contributed by atoms with van der Waals surface area (Å²) >= 11 is 0. The summed E-state index contributed by atoms with van der Waals surface area (Å²) in [5.41, 5.74) is 0. The second kappa shape index (κ2) is 58.9. The van der Waals surface area contributed by atoms with Crippen molar-refractivity contribution >= 4 is 17.9 Å². The van der Waals surface area contributed by atoms with E-state index in [1.54, 1.807) is 0 Å². The molecule has 0 spiro atoms. The minimum Gasteiger partial charge on any atom is -0.462 e. The molecule has 0 saturated heterocycles.